The Morgan fingerprint density at radius 1 is 0.980 bits per heavy atom. The quantitative estimate of drug-likeness (QED) is 0.0522. The summed E-state index contributed by atoms with van der Waals surface area (Å²) < 4.78 is 17.4. The van der Waals surface area contributed by atoms with Crippen molar-refractivity contribution in [2.45, 2.75) is 88.9 Å². The van der Waals surface area contributed by atoms with Crippen molar-refractivity contribution in [3.63, 3.8) is 0 Å². The lowest BCUT2D eigenvalue weighted by molar-refractivity contribution is -0.385. The van der Waals surface area contributed by atoms with Crippen LogP contribution in [0.15, 0.2) is 48.5 Å². The summed E-state index contributed by atoms with van der Waals surface area (Å²) in [5, 5.41) is 34.2. The van der Waals surface area contributed by atoms with Crippen molar-refractivity contribution in [3.05, 3.63) is 79.9 Å². The molecule has 19 heteroatoms. The molecule has 15 nitrogen and oxygen atoms in total. The number of nitro groups is 2. The smallest absolute Gasteiger partial charge is 0.407 e. The molecule has 0 saturated carbocycles. The van der Waals surface area contributed by atoms with E-state index in [-0.39, 0.29) is 41.4 Å². The molecule has 2 aromatic carbocycles. The Kier molecular flexibility index (Phi) is 14.5. The first-order valence-corrected chi connectivity index (χ1v) is 20.9. The number of nitrogens with zero attached hydrogens (tertiary/aromatic N) is 3. The molecular formula is C32H42N4O11S3Si. The van der Waals surface area contributed by atoms with Crippen LogP contribution >= 0.6 is 35.7 Å². The predicted molar refractivity (Wildman–Crippen MR) is 199 cm³/mol. The summed E-state index contributed by atoms with van der Waals surface area (Å²) in [5.74, 6) is -2.31. The Balaban J connectivity index is 1.62. The Labute approximate surface area is 310 Å². The van der Waals surface area contributed by atoms with Gasteiger partial charge in [-0.3, -0.25) is 29.9 Å². The number of thiocarbonyl (C=S) groups is 1. The highest BCUT2D eigenvalue weighted by molar-refractivity contribution is 8.47. The van der Waals surface area contributed by atoms with Crippen LogP contribution in [0.2, 0.25) is 18.1 Å². The van der Waals surface area contributed by atoms with Crippen LogP contribution in [0.25, 0.3) is 0 Å². The van der Waals surface area contributed by atoms with E-state index in [0.29, 0.717) is 14.7 Å². The number of aliphatic hydroxyl groups is 1. The number of rotatable bonds is 15. The van der Waals surface area contributed by atoms with Gasteiger partial charge in [0.25, 0.3) is 11.4 Å². The molecule has 0 aromatic heterocycles. The standard InChI is InChI=1S/C32H42N4O11S3Si/c1-19(16-33-30(40)46-18-22-10-14-24(15-11-22)36(43)44)49-31(48)50-28-25(20(2)47-51(6,7)32(3,4)5)26(37)34(28)27(38)29(39)45-17-21-8-12-23(13-9-21)35(41)42/h8-15,19-20,25,27-28,38H,16-18H2,1-7H3,(H,33,40)/t19-,20-,25+,27?,28-/m1/s1. The van der Waals surface area contributed by atoms with Crippen LogP contribution < -0.4 is 5.32 Å². The van der Waals surface area contributed by atoms with Crippen molar-refractivity contribution in [1.29, 1.82) is 0 Å². The Bertz CT molecular complexity index is 1610. The third-order valence-electron chi connectivity index (χ3n) is 8.48. The van der Waals surface area contributed by atoms with Crippen molar-refractivity contribution in [2.24, 2.45) is 5.92 Å². The van der Waals surface area contributed by atoms with E-state index in [4.69, 9.17) is 26.1 Å². The summed E-state index contributed by atoms with van der Waals surface area (Å²) in [6.07, 6.45) is -3.20. The number of nitro benzene ring substituents is 2. The number of likely N-dealkylation sites (tertiary alicyclic amines) is 1. The van der Waals surface area contributed by atoms with Crippen LogP contribution in [0.1, 0.15) is 45.7 Å². The first-order valence-electron chi connectivity index (χ1n) is 15.8. The second kappa shape index (κ2) is 17.7. The fourth-order valence-corrected chi connectivity index (χ4v) is 9.32. The predicted octanol–water partition coefficient (Wildman–Crippen LogP) is 6.13. The number of amides is 2. The molecule has 1 aliphatic rings. The summed E-state index contributed by atoms with van der Waals surface area (Å²) in [5.41, 5.74) is 0.825. The van der Waals surface area contributed by atoms with Gasteiger partial charge >= 0.3 is 12.1 Å². The van der Waals surface area contributed by atoms with Gasteiger partial charge in [0.05, 0.1) is 21.9 Å². The molecule has 1 aliphatic heterocycles. The lowest BCUT2D eigenvalue weighted by atomic mass is 9.92. The monoisotopic (exact) mass is 782 g/mol. The van der Waals surface area contributed by atoms with Gasteiger partial charge in [-0.1, -0.05) is 51.7 Å². The number of non-ortho nitro benzene ring substituents is 2. The molecule has 51 heavy (non-hydrogen) atoms. The minimum atomic E-state index is -2.32. The van der Waals surface area contributed by atoms with Crippen molar-refractivity contribution >= 4 is 76.9 Å². The van der Waals surface area contributed by atoms with E-state index < -0.39 is 59.8 Å². The summed E-state index contributed by atoms with van der Waals surface area (Å²) in [6, 6.07) is 11.0. The molecule has 1 saturated heterocycles. The molecule has 0 aliphatic carbocycles. The number of hydrogen-bond donors (Lipinski definition) is 2. The zero-order valence-corrected chi connectivity index (χ0v) is 32.7. The molecule has 1 unspecified atom stereocenters. The third kappa shape index (κ3) is 11.4. The zero-order chi connectivity index (χ0) is 38.3. The minimum absolute atomic E-state index is 0.0738. The highest BCUT2D eigenvalue weighted by Gasteiger charge is 2.56. The van der Waals surface area contributed by atoms with Crippen LogP contribution in [-0.4, -0.2) is 79.2 Å². The summed E-state index contributed by atoms with van der Waals surface area (Å²) in [4.78, 5) is 60.4. The van der Waals surface area contributed by atoms with Crippen molar-refractivity contribution in [1.82, 2.24) is 10.2 Å². The average Bonchev–Trinajstić information content (AvgIpc) is 3.04. The summed E-state index contributed by atoms with van der Waals surface area (Å²) in [6.45, 7) is 13.8. The largest absolute Gasteiger partial charge is 0.457 e. The number of esters is 1. The molecule has 0 spiro atoms. The fraction of sp³-hybridized carbons (Fsp3) is 0.500. The van der Waals surface area contributed by atoms with Gasteiger partial charge in [0.2, 0.25) is 12.1 Å². The van der Waals surface area contributed by atoms with Crippen molar-refractivity contribution in [2.75, 3.05) is 6.54 Å². The molecule has 5 atom stereocenters. The number of aliphatic hydroxyl groups excluding tert-OH is 1. The van der Waals surface area contributed by atoms with E-state index in [1.165, 1.54) is 60.3 Å². The maximum absolute atomic E-state index is 13.5. The summed E-state index contributed by atoms with van der Waals surface area (Å²) >= 11 is 8.01. The molecule has 1 heterocycles. The zero-order valence-electron chi connectivity index (χ0n) is 29.2. The Hall–Kier alpha value is -3.62. The van der Waals surface area contributed by atoms with Crippen LogP contribution in [0, 0.1) is 26.1 Å². The first kappa shape index (κ1) is 41.8. The number of ether oxygens (including phenoxy) is 2. The SMILES string of the molecule is C[C@H](CNC(=O)OCc1ccc([N+](=O)[O-])cc1)SC(=S)S[C@@H]1[C@@H]([C@@H](C)O[Si](C)(C)C(C)(C)C)C(=O)N1C(O)C(=O)OCc1ccc([N+](=O)[O-])cc1. The Morgan fingerprint density at radius 2 is 1.47 bits per heavy atom. The van der Waals surface area contributed by atoms with E-state index in [1.807, 2.05) is 6.92 Å². The molecule has 0 bridgehead atoms. The summed E-state index contributed by atoms with van der Waals surface area (Å²) in [7, 11) is -2.32. The van der Waals surface area contributed by atoms with Crippen LogP contribution in [-0.2, 0) is 36.7 Å². The van der Waals surface area contributed by atoms with E-state index in [0.717, 1.165) is 16.7 Å². The lowest BCUT2D eigenvalue weighted by Crippen LogP contribution is -2.68. The highest BCUT2D eigenvalue weighted by Crippen LogP contribution is 2.45. The van der Waals surface area contributed by atoms with Gasteiger partial charge in [-0.25, -0.2) is 9.59 Å². The second-order valence-electron chi connectivity index (χ2n) is 13.3. The van der Waals surface area contributed by atoms with E-state index in [2.05, 4.69) is 39.2 Å². The van der Waals surface area contributed by atoms with Crippen LogP contribution in [0.3, 0.4) is 0 Å². The van der Waals surface area contributed by atoms with Gasteiger partial charge in [-0.2, -0.15) is 0 Å². The number of carbonyl (C=O) groups excluding carboxylic acids is 3. The van der Waals surface area contributed by atoms with E-state index in [1.54, 1.807) is 6.92 Å². The minimum Gasteiger partial charge on any atom is -0.457 e. The molecular weight excluding hydrogens is 741 g/mol. The molecule has 1 fully saturated rings. The lowest BCUT2D eigenvalue weighted by Gasteiger charge is -2.51. The van der Waals surface area contributed by atoms with Gasteiger partial charge in [0, 0.05) is 36.1 Å². The van der Waals surface area contributed by atoms with Gasteiger partial charge in [0.15, 0.2) is 8.32 Å². The maximum Gasteiger partial charge on any atom is 0.407 e. The van der Waals surface area contributed by atoms with Crippen LogP contribution in [0.4, 0.5) is 16.2 Å². The Morgan fingerprint density at radius 3 is 1.94 bits per heavy atom. The highest BCUT2D eigenvalue weighted by atomic mass is 32.2. The van der Waals surface area contributed by atoms with Crippen molar-refractivity contribution < 1.29 is 43.2 Å². The molecule has 2 aromatic rings. The second-order valence-corrected chi connectivity index (χ2v) is 21.8. The molecule has 3 rings (SSSR count). The van der Waals surface area contributed by atoms with Crippen molar-refractivity contribution in [3.8, 4) is 0 Å². The van der Waals surface area contributed by atoms with Gasteiger partial charge in [0.1, 0.15) is 22.1 Å². The molecule has 2 amide bonds. The fourth-order valence-electron chi connectivity index (χ4n) is 4.58. The average molecular weight is 783 g/mol. The molecule has 2 N–H and O–H groups in total. The molecule has 278 valence electrons. The number of hydrogen-bond acceptors (Lipinski definition) is 14. The normalized spacial score (nSPS) is 17.8. The number of carbonyl (C=O) groups is 3. The first-order chi connectivity index (χ1) is 23.7. The maximum atomic E-state index is 13.5. The van der Waals surface area contributed by atoms with E-state index in [9.17, 15) is 39.7 Å². The van der Waals surface area contributed by atoms with Gasteiger partial charge in [-0.05, 0) is 60.4 Å². The molecule has 0 radical (unpaired) electrons. The van der Waals surface area contributed by atoms with E-state index >= 15 is 0 Å². The number of thioether (sulfide) groups is 2. The third-order valence-corrected chi connectivity index (χ3v) is 15.9. The number of β-lactam (4-membered cyclic amide) rings is 1. The topological polar surface area (TPSA) is 201 Å². The number of benzene rings is 2. The van der Waals surface area contributed by atoms with Gasteiger partial charge < -0.3 is 24.3 Å². The van der Waals surface area contributed by atoms with Gasteiger partial charge in [-0.15, -0.1) is 11.8 Å². The number of nitrogens with one attached hydrogen (secondary N) is 1. The number of alkyl carbamates (subject to hydrolysis) is 1. The van der Waals surface area contributed by atoms with Crippen LogP contribution in [0.5, 0.6) is 0 Å².